The van der Waals surface area contributed by atoms with Gasteiger partial charge in [0.1, 0.15) is 17.1 Å². The molecule has 0 radical (unpaired) electrons. The van der Waals surface area contributed by atoms with Crippen LogP contribution in [0.1, 0.15) is 11.7 Å². The van der Waals surface area contributed by atoms with E-state index in [1.165, 1.54) is 40.7 Å². The van der Waals surface area contributed by atoms with Crippen molar-refractivity contribution in [3.05, 3.63) is 45.0 Å². The lowest BCUT2D eigenvalue weighted by molar-refractivity contribution is -0.150. The first-order valence-corrected chi connectivity index (χ1v) is 14.4. The molecular formula is C20H20N8O6S4. The number of carboxylic acids is 1. The van der Waals surface area contributed by atoms with Gasteiger partial charge in [0.15, 0.2) is 5.13 Å². The van der Waals surface area contributed by atoms with Crippen LogP contribution in [0.15, 0.2) is 49.4 Å². The number of hydrogen-bond acceptors (Lipinski definition) is 14. The maximum Gasteiger partial charge on any atom is 0.353 e. The van der Waals surface area contributed by atoms with E-state index in [0.29, 0.717) is 22.0 Å². The van der Waals surface area contributed by atoms with Crippen LogP contribution in [0.4, 0.5) is 5.13 Å². The van der Waals surface area contributed by atoms with Crippen molar-refractivity contribution < 1.29 is 24.3 Å². The van der Waals surface area contributed by atoms with Crippen LogP contribution < -0.4 is 22.1 Å². The highest BCUT2D eigenvalue weighted by Crippen LogP contribution is 2.46. The number of carboxylic acid groups (broad SMARTS) is 1. The topological polar surface area (TPSA) is 223 Å². The Morgan fingerprint density at radius 1 is 1.39 bits per heavy atom. The van der Waals surface area contributed by atoms with Crippen LogP contribution in [0.3, 0.4) is 0 Å². The molecule has 0 bridgehead atoms. The summed E-state index contributed by atoms with van der Waals surface area (Å²) >= 11 is 4.85. The lowest BCUT2D eigenvalue weighted by Crippen LogP contribution is -2.70. The number of nitroso groups, excluding NO2 is 1. The van der Waals surface area contributed by atoms with Crippen LogP contribution in [0.25, 0.3) is 0 Å². The average Bonchev–Trinajstić information content (AvgIpc) is 3.32. The fourth-order valence-corrected chi connectivity index (χ4v) is 7.72. The first-order chi connectivity index (χ1) is 18.2. The molecule has 2 aliphatic heterocycles. The van der Waals surface area contributed by atoms with Gasteiger partial charge in [-0.25, -0.2) is 9.78 Å². The maximum atomic E-state index is 13.0. The summed E-state index contributed by atoms with van der Waals surface area (Å²) in [5.41, 5.74) is 11.3. The number of β-lactam (4-membered cyclic amide) rings is 1. The van der Waals surface area contributed by atoms with Gasteiger partial charge in [0.05, 0.1) is 11.9 Å². The van der Waals surface area contributed by atoms with E-state index in [0.717, 1.165) is 21.1 Å². The van der Waals surface area contributed by atoms with Gasteiger partial charge < -0.3 is 27.2 Å². The first kappa shape index (κ1) is 27.8. The van der Waals surface area contributed by atoms with E-state index in [1.807, 2.05) is 0 Å². The number of pyridine rings is 1. The minimum Gasteiger partial charge on any atom is -0.477 e. The van der Waals surface area contributed by atoms with Crippen LogP contribution in [0.2, 0.25) is 0 Å². The number of carbonyl (C=O) groups excluding carboxylic acids is 3. The highest BCUT2D eigenvalue weighted by atomic mass is 32.2. The highest BCUT2D eigenvalue weighted by Gasteiger charge is 2.54. The summed E-state index contributed by atoms with van der Waals surface area (Å²) in [5.74, 6) is -2.13. The monoisotopic (exact) mass is 596 g/mol. The van der Waals surface area contributed by atoms with Crippen molar-refractivity contribution in [1.82, 2.24) is 25.5 Å². The van der Waals surface area contributed by atoms with Gasteiger partial charge in [-0.3, -0.25) is 24.3 Å². The van der Waals surface area contributed by atoms with Crippen LogP contribution in [-0.4, -0.2) is 73.3 Å². The van der Waals surface area contributed by atoms with Crippen molar-refractivity contribution in [3.63, 3.8) is 0 Å². The predicted molar refractivity (Wildman–Crippen MR) is 143 cm³/mol. The lowest BCUT2D eigenvalue weighted by atomic mass is 10.0. The molecule has 0 saturated carbocycles. The smallest absolute Gasteiger partial charge is 0.353 e. The first-order valence-electron chi connectivity index (χ1n) is 10.7. The minimum atomic E-state index is -1.49. The Labute approximate surface area is 231 Å². The van der Waals surface area contributed by atoms with Gasteiger partial charge in [-0.05, 0) is 11.2 Å². The van der Waals surface area contributed by atoms with Crippen molar-refractivity contribution >= 4 is 75.9 Å². The van der Waals surface area contributed by atoms with Crippen LogP contribution in [0.5, 0.6) is 0 Å². The molecule has 14 nitrogen and oxygen atoms in total. The number of thiazole rings is 1. The number of aliphatic carboxylic acids is 1. The molecule has 4 atom stereocenters. The normalized spacial score (nSPS) is 20.1. The zero-order valence-electron chi connectivity index (χ0n) is 19.2. The molecule has 0 aliphatic carbocycles. The second-order valence-corrected chi connectivity index (χ2v) is 11.9. The summed E-state index contributed by atoms with van der Waals surface area (Å²) in [6, 6.07) is -0.808. The number of anilines is 1. The number of carbonyl (C=O) groups is 4. The van der Waals surface area contributed by atoms with Crippen molar-refractivity contribution in [2.24, 2.45) is 10.9 Å². The van der Waals surface area contributed by atoms with Gasteiger partial charge in [-0.2, -0.15) is 0 Å². The molecule has 38 heavy (non-hydrogen) atoms. The van der Waals surface area contributed by atoms with E-state index < -0.39 is 41.4 Å². The molecule has 18 heteroatoms. The molecule has 1 saturated heterocycles. The van der Waals surface area contributed by atoms with Crippen molar-refractivity contribution in [2.75, 3.05) is 17.2 Å². The minimum absolute atomic E-state index is 0.0682. The summed E-state index contributed by atoms with van der Waals surface area (Å²) in [6.45, 7) is 0. The Morgan fingerprint density at radius 2 is 2.18 bits per heavy atom. The van der Waals surface area contributed by atoms with E-state index in [2.05, 4.69) is 25.8 Å². The Bertz CT molecular complexity index is 1310. The van der Waals surface area contributed by atoms with Crippen molar-refractivity contribution in [2.45, 2.75) is 33.4 Å². The molecule has 2 aromatic rings. The van der Waals surface area contributed by atoms with Crippen molar-refractivity contribution in [3.8, 4) is 0 Å². The number of nitrogens with one attached hydrogen (secondary N) is 2. The van der Waals surface area contributed by atoms with Gasteiger partial charge >= 0.3 is 5.97 Å². The molecule has 2 aromatic heterocycles. The second kappa shape index (κ2) is 12.1. The fraction of sp³-hybridized carbons (Fsp3) is 0.300. The van der Waals surface area contributed by atoms with E-state index in [1.54, 1.807) is 18.5 Å². The predicted octanol–water partition coefficient (Wildman–Crippen LogP) is 0.539. The summed E-state index contributed by atoms with van der Waals surface area (Å²) in [4.78, 5) is 70.8. The SMILES string of the molecule is Nc1nc(C(N=O)C(=O)N[C@@H]2C(=O)N3C(C(=O)O)=C(Sc4ccncc4SCC(N)NC=O)CS[C@@H]23)cs1. The van der Waals surface area contributed by atoms with E-state index in [-0.39, 0.29) is 22.3 Å². The number of rotatable bonds is 12. The number of nitrogens with zero attached hydrogens (tertiary/aromatic N) is 4. The number of amides is 3. The maximum absolute atomic E-state index is 13.0. The molecule has 2 unspecified atom stereocenters. The summed E-state index contributed by atoms with van der Waals surface area (Å²) in [5, 5.41) is 18.6. The summed E-state index contributed by atoms with van der Waals surface area (Å²) in [7, 11) is 0. The highest BCUT2D eigenvalue weighted by molar-refractivity contribution is 8.07. The van der Waals surface area contributed by atoms with Gasteiger partial charge in [0.25, 0.3) is 11.8 Å². The largest absolute Gasteiger partial charge is 0.477 e. The molecule has 4 rings (SSSR count). The molecule has 2 aliphatic rings. The number of hydrogen-bond donors (Lipinski definition) is 5. The Kier molecular flexibility index (Phi) is 8.87. The third kappa shape index (κ3) is 5.78. The summed E-state index contributed by atoms with van der Waals surface area (Å²) in [6.07, 6.45) is 3.09. The van der Waals surface area contributed by atoms with Gasteiger partial charge in [-0.1, -0.05) is 11.8 Å². The average molecular weight is 597 g/mol. The molecule has 0 spiro atoms. The van der Waals surface area contributed by atoms with Crippen LogP contribution in [0, 0.1) is 4.91 Å². The zero-order chi connectivity index (χ0) is 27.4. The Morgan fingerprint density at radius 3 is 2.84 bits per heavy atom. The fourth-order valence-electron chi connectivity index (χ4n) is 3.57. The standard InChI is InChI=1S/C20H20N8O6S4/c21-12(24-7-29)6-35-10-3-23-2-1-9(10)38-11-5-36-18-14(17(31)28(18)15(11)19(32)33)26-16(30)13(27-34)8-4-37-20(22)25-8/h1-4,7,12-14,18H,5-6,21H2,(H2,22,25)(H,24,29)(H,26,30)(H,32,33)/t12?,13?,14-,18+/m1/s1. The van der Waals surface area contributed by atoms with Crippen molar-refractivity contribution in [1.29, 1.82) is 0 Å². The number of aromatic nitrogens is 2. The lowest BCUT2D eigenvalue weighted by Gasteiger charge is -2.49. The Hall–Kier alpha value is -3.19. The molecule has 4 heterocycles. The third-order valence-electron chi connectivity index (χ3n) is 5.29. The molecule has 200 valence electrons. The molecule has 0 aromatic carbocycles. The van der Waals surface area contributed by atoms with Gasteiger partial charge in [-0.15, -0.1) is 39.8 Å². The summed E-state index contributed by atoms with van der Waals surface area (Å²) < 4.78 is 0. The molecule has 7 N–H and O–H groups in total. The van der Waals surface area contributed by atoms with Gasteiger partial charge in [0, 0.05) is 44.0 Å². The number of thioether (sulfide) groups is 3. The zero-order valence-corrected chi connectivity index (χ0v) is 22.4. The molecular weight excluding hydrogens is 577 g/mol. The van der Waals surface area contributed by atoms with Crippen LogP contribution in [-0.2, 0) is 19.2 Å². The van der Waals surface area contributed by atoms with E-state index in [4.69, 9.17) is 11.5 Å². The van der Waals surface area contributed by atoms with E-state index in [9.17, 15) is 29.2 Å². The number of nitrogen functional groups attached to an aromatic ring is 1. The van der Waals surface area contributed by atoms with Crippen LogP contribution >= 0.6 is 46.6 Å². The Balaban J connectivity index is 1.50. The molecule has 1 fully saturated rings. The van der Waals surface area contributed by atoms with E-state index >= 15 is 0 Å². The van der Waals surface area contributed by atoms with Gasteiger partial charge in [0.2, 0.25) is 12.5 Å². The number of nitrogens with two attached hydrogens (primary N) is 2. The quantitative estimate of drug-likeness (QED) is 0.0742. The number of fused-ring (bicyclic) bond motifs is 1. The molecule has 3 amide bonds. The second-order valence-electron chi connectivity index (χ2n) is 7.72. The third-order valence-corrected chi connectivity index (χ3v) is 9.89.